The average molecular weight is 669 g/mol. The Balaban J connectivity index is 0.000000173. The molecule has 4 fully saturated rings. The van der Waals surface area contributed by atoms with Gasteiger partial charge in [-0.3, -0.25) is 0 Å². The van der Waals surface area contributed by atoms with Crippen molar-refractivity contribution in [2.45, 2.75) is 80.1 Å². The summed E-state index contributed by atoms with van der Waals surface area (Å²) in [4.78, 5) is 0. The quantitative estimate of drug-likeness (QED) is 0.280. The van der Waals surface area contributed by atoms with Crippen LogP contribution in [0.15, 0.2) is 48.6 Å². The molecule has 41 heavy (non-hydrogen) atoms. The van der Waals surface area contributed by atoms with Crippen LogP contribution in [0.5, 0.6) is 0 Å². The third kappa shape index (κ3) is 8.78. The zero-order valence-corrected chi connectivity index (χ0v) is 30.0. The van der Waals surface area contributed by atoms with E-state index >= 15 is 0 Å². The molecule has 6 aliphatic rings. The molecule has 6 atom stereocenters. The Kier molecular flexibility index (Phi) is 13.9. The fourth-order valence-electron chi connectivity index (χ4n) is 8.12. The van der Waals surface area contributed by atoms with Crippen molar-refractivity contribution in [2.24, 2.45) is 47.3 Å². The Morgan fingerprint density at radius 1 is 0.585 bits per heavy atom. The Bertz CT molecular complexity index is 830. The van der Waals surface area contributed by atoms with Gasteiger partial charge < -0.3 is 0 Å². The van der Waals surface area contributed by atoms with Gasteiger partial charge in [0, 0.05) is 23.7 Å². The van der Waals surface area contributed by atoms with Gasteiger partial charge in [-0.1, -0.05) is 103 Å². The molecule has 218 valence electrons. The number of hydrogen-bond donors (Lipinski definition) is 0. The third-order valence-electron chi connectivity index (χ3n) is 10.3. The second kappa shape index (κ2) is 16.7. The summed E-state index contributed by atoms with van der Waals surface area (Å²) in [6, 6.07) is 0. The van der Waals surface area contributed by atoms with Crippen LogP contribution >= 0.6 is 17.0 Å². The summed E-state index contributed by atoms with van der Waals surface area (Å²) in [7, 11) is 9.87. The van der Waals surface area contributed by atoms with Crippen molar-refractivity contribution in [3.63, 3.8) is 0 Å². The summed E-state index contributed by atoms with van der Waals surface area (Å²) in [6.45, 7) is 14.5. The van der Waals surface area contributed by atoms with Gasteiger partial charge in [-0.2, -0.15) is 0 Å². The second-order valence-electron chi connectivity index (χ2n) is 13.7. The molecule has 0 aromatic carbocycles. The fraction of sp³-hybridized carbons (Fsp3) is 0.526. The molecule has 0 aromatic rings. The van der Waals surface area contributed by atoms with E-state index in [0.717, 1.165) is 47.3 Å². The number of fused-ring (bicyclic) bond motifs is 2. The molecule has 0 heterocycles. The molecular formula is C38H50Cl2Zr+2. The zero-order valence-electron chi connectivity index (χ0n) is 26.0. The van der Waals surface area contributed by atoms with Crippen LogP contribution in [0.4, 0.5) is 0 Å². The molecular weight excluding hydrogens is 619 g/mol. The number of hydrogen-bond acceptors (Lipinski definition) is 0. The Hall–Kier alpha value is 0.423. The molecule has 0 N–H and O–H groups in total. The normalized spacial score (nSPS) is 34.7. The summed E-state index contributed by atoms with van der Waals surface area (Å²) in [5, 5.41) is 0. The van der Waals surface area contributed by atoms with E-state index in [0.29, 0.717) is 0 Å². The summed E-state index contributed by atoms with van der Waals surface area (Å²) >= 11 is -0.826. The van der Waals surface area contributed by atoms with Crippen LogP contribution in [-0.2, 0) is 20.8 Å². The van der Waals surface area contributed by atoms with Crippen molar-refractivity contribution < 1.29 is 20.8 Å². The van der Waals surface area contributed by atoms with Crippen LogP contribution < -0.4 is 0 Å². The predicted octanol–water partition coefficient (Wildman–Crippen LogP) is 11.3. The molecule has 0 bridgehead atoms. The fourth-order valence-corrected chi connectivity index (χ4v) is 8.12. The molecule has 6 unspecified atom stereocenters. The van der Waals surface area contributed by atoms with Crippen LogP contribution in [0.1, 0.15) is 80.1 Å². The van der Waals surface area contributed by atoms with Crippen LogP contribution in [-0.4, -0.2) is 0 Å². The predicted molar refractivity (Wildman–Crippen MR) is 175 cm³/mol. The average Bonchev–Trinajstić information content (AvgIpc) is 3.58. The van der Waals surface area contributed by atoms with Crippen molar-refractivity contribution in [3.05, 3.63) is 110 Å². The van der Waals surface area contributed by atoms with Gasteiger partial charge in [-0.25, -0.2) is 0 Å². The monoisotopic (exact) mass is 666 g/mol. The molecule has 6 rings (SSSR count). The van der Waals surface area contributed by atoms with Crippen molar-refractivity contribution in [1.82, 2.24) is 0 Å². The minimum atomic E-state index is -0.826. The van der Waals surface area contributed by atoms with Crippen LogP contribution in [0.2, 0.25) is 0 Å². The van der Waals surface area contributed by atoms with Crippen LogP contribution in [0.3, 0.4) is 0 Å². The molecule has 0 spiro atoms. The van der Waals surface area contributed by atoms with E-state index in [1.54, 1.807) is 11.8 Å². The van der Waals surface area contributed by atoms with E-state index in [2.05, 4.69) is 116 Å². The van der Waals surface area contributed by atoms with E-state index in [-0.39, 0.29) is 0 Å². The standard InChI is InChI=1S/2C19H25.2ClH.Zr/c2*1-13(2)16-10-8-14(3)12-19(16)18-11-9-15-6-4-5-7-17(15)18;;;/h2*4-7,9,11,13-14,16,19H,8,10,12H2,1-3H3;2*1H;/q;;;;+4/p-2. The molecule has 0 amide bonds. The van der Waals surface area contributed by atoms with Crippen LogP contribution in [0, 0.1) is 109 Å². The van der Waals surface area contributed by atoms with E-state index in [1.165, 1.54) is 62.2 Å². The number of allylic oxidation sites excluding steroid dienone is 8. The topological polar surface area (TPSA) is 0 Å². The molecule has 6 aliphatic carbocycles. The first kappa shape index (κ1) is 34.3. The first-order chi connectivity index (χ1) is 19.7. The van der Waals surface area contributed by atoms with E-state index in [1.807, 2.05) is 0 Å². The first-order valence-electron chi connectivity index (χ1n) is 16.0. The van der Waals surface area contributed by atoms with Crippen molar-refractivity contribution >= 4 is 17.0 Å². The van der Waals surface area contributed by atoms with Crippen molar-refractivity contribution in [3.8, 4) is 0 Å². The Labute approximate surface area is 273 Å². The van der Waals surface area contributed by atoms with Crippen molar-refractivity contribution in [1.29, 1.82) is 0 Å². The maximum absolute atomic E-state index is 4.93. The summed E-state index contributed by atoms with van der Waals surface area (Å²) in [5.74, 6) is 15.7. The summed E-state index contributed by atoms with van der Waals surface area (Å²) < 4.78 is 0. The molecule has 0 aliphatic heterocycles. The Morgan fingerprint density at radius 3 is 1.32 bits per heavy atom. The number of halogens is 2. The SMILES string of the molecule is CC1CCC(C(C)C)C([C]2[CH][CH][C]3C=CC=C[C]32)C1.CC1CCC(C(C)C)C([C]2[CH][CH][C]3C=CC=C[C]32)C1.[Cl][Zr+2][Cl]. The minimum absolute atomic E-state index is 0.767. The third-order valence-corrected chi connectivity index (χ3v) is 10.3. The van der Waals surface area contributed by atoms with Gasteiger partial charge >= 0.3 is 37.9 Å². The first-order valence-corrected chi connectivity index (χ1v) is 22.3. The van der Waals surface area contributed by atoms with Crippen molar-refractivity contribution in [2.75, 3.05) is 0 Å². The van der Waals surface area contributed by atoms with E-state index in [9.17, 15) is 0 Å². The Morgan fingerprint density at radius 2 is 0.951 bits per heavy atom. The van der Waals surface area contributed by atoms with Gasteiger partial charge in [0.05, 0.1) is 0 Å². The maximum atomic E-state index is 4.93. The zero-order chi connectivity index (χ0) is 29.5. The van der Waals surface area contributed by atoms with Crippen LogP contribution in [0.25, 0.3) is 0 Å². The van der Waals surface area contributed by atoms with Gasteiger partial charge in [0.2, 0.25) is 0 Å². The van der Waals surface area contributed by atoms with E-state index < -0.39 is 20.8 Å². The van der Waals surface area contributed by atoms with E-state index in [4.69, 9.17) is 17.0 Å². The molecule has 4 saturated carbocycles. The van der Waals surface area contributed by atoms with Gasteiger partial charge in [0.15, 0.2) is 0 Å². The molecule has 3 heteroatoms. The summed E-state index contributed by atoms with van der Waals surface area (Å²) in [6.07, 6.45) is 35.5. The second-order valence-corrected chi connectivity index (χ2v) is 17.4. The molecule has 0 aromatic heterocycles. The van der Waals surface area contributed by atoms with Gasteiger partial charge in [-0.15, -0.1) is 0 Å². The molecule has 0 nitrogen and oxygen atoms in total. The van der Waals surface area contributed by atoms with Gasteiger partial charge in [0.1, 0.15) is 0 Å². The summed E-state index contributed by atoms with van der Waals surface area (Å²) in [5.41, 5.74) is 0. The molecule has 0 saturated heterocycles. The molecule has 10 radical (unpaired) electrons. The number of rotatable bonds is 4. The van der Waals surface area contributed by atoms with Gasteiger partial charge in [-0.05, 0) is 111 Å². The van der Waals surface area contributed by atoms with Gasteiger partial charge in [0.25, 0.3) is 0 Å².